The van der Waals surface area contributed by atoms with Crippen LogP contribution in [-0.2, 0) is 4.74 Å². The molecule has 0 fully saturated rings. The molecule has 0 aliphatic rings. The van der Waals surface area contributed by atoms with Crippen LogP contribution in [0.5, 0.6) is 0 Å². The van der Waals surface area contributed by atoms with Crippen LogP contribution in [0.1, 0.15) is 49.2 Å². The maximum Gasteiger partial charge on any atom is 0.339 e. The van der Waals surface area contributed by atoms with Crippen LogP contribution in [0.15, 0.2) is 94.2 Å². The van der Waals surface area contributed by atoms with Crippen molar-refractivity contribution >= 4 is 23.4 Å². The van der Waals surface area contributed by atoms with Gasteiger partial charge >= 0.3 is 5.97 Å². The van der Waals surface area contributed by atoms with E-state index in [4.69, 9.17) is 9.26 Å². The van der Waals surface area contributed by atoms with Crippen molar-refractivity contribution < 1.29 is 14.1 Å². The Morgan fingerprint density at radius 2 is 1.84 bits per heavy atom. The third-order valence-electron chi connectivity index (χ3n) is 6.20. The second-order valence-corrected chi connectivity index (χ2v) is 9.64. The summed E-state index contributed by atoms with van der Waals surface area (Å²) in [7, 11) is 0. The largest absolute Gasteiger partial charge is 0.462 e. The molecule has 190 valence electrons. The Balaban J connectivity index is 1.57. The normalized spacial score (nSPS) is 12.5. The lowest BCUT2D eigenvalue weighted by Crippen LogP contribution is -2.18. The molecule has 0 saturated heterocycles. The van der Waals surface area contributed by atoms with Crippen molar-refractivity contribution in [3.8, 4) is 22.8 Å². The molecular formula is C30H31N3O3S. The molecule has 4 aromatic rings. The summed E-state index contributed by atoms with van der Waals surface area (Å²) < 4.78 is 10.7. The number of benzene rings is 3. The van der Waals surface area contributed by atoms with E-state index in [9.17, 15) is 4.79 Å². The van der Waals surface area contributed by atoms with Crippen LogP contribution in [0.3, 0.4) is 0 Å². The minimum Gasteiger partial charge on any atom is -0.462 e. The first-order valence-electron chi connectivity index (χ1n) is 12.4. The molecule has 4 rings (SSSR count). The molecule has 1 heterocycles. The van der Waals surface area contributed by atoms with Gasteiger partial charge in [0.25, 0.3) is 5.89 Å². The molecule has 1 N–H and O–H groups in total. The van der Waals surface area contributed by atoms with Crippen molar-refractivity contribution in [3.63, 3.8) is 0 Å². The molecule has 1 unspecified atom stereocenters. The second-order valence-electron chi connectivity index (χ2n) is 8.63. The molecule has 6 nitrogen and oxygen atoms in total. The van der Waals surface area contributed by atoms with Gasteiger partial charge in [-0.25, -0.2) is 4.79 Å². The first-order valence-corrected chi connectivity index (χ1v) is 13.3. The maximum atomic E-state index is 12.4. The number of carbonyl (C=O) groups is 1. The lowest BCUT2D eigenvalue weighted by molar-refractivity contribution is 0.0522. The molecule has 0 aliphatic heterocycles. The number of anilines is 1. The van der Waals surface area contributed by atoms with Gasteiger partial charge in [-0.2, -0.15) is 4.98 Å². The number of thioether (sulfide) groups is 1. The zero-order valence-electron chi connectivity index (χ0n) is 21.3. The fourth-order valence-electron chi connectivity index (χ4n) is 4.02. The first-order chi connectivity index (χ1) is 18.0. The molecule has 2 atom stereocenters. The average Bonchev–Trinajstić information content (AvgIpc) is 3.43. The average molecular weight is 514 g/mol. The number of ether oxygens (including phenoxy) is 1. The number of hydrogen-bond donors (Lipinski definition) is 1. The van der Waals surface area contributed by atoms with Crippen LogP contribution in [-0.4, -0.2) is 22.7 Å². The standard InChI is InChI=1S/C30H31N3O3S/c1-5-20(4)27(31-24-17-18-25(30(34)35-6-2)26(19-24)37-7-3)21-13-15-22(16-14-21)28-32-29(36-33-28)23-11-9-8-10-12-23/h7-20,27,31H,3,5-6H2,1-2,4H3/t20?,27-/m0/s1. The summed E-state index contributed by atoms with van der Waals surface area (Å²) in [5, 5.41) is 9.56. The molecule has 0 spiro atoms. The molecule has 7 heteroatoms. The zero-order valence-corrected chi connectivity index (χ0v) is 22.1. The van der Waals surface area contributed by atoms with Gasteiger partial charge in [0.15, 0.2) is 0 Å². The number of rotatable bonds is 11. The fourth-order valence-corrected chi connectivity index (χ4v) is 4.68. The quantitative estimate of drug-likeness (QED) is 0.161. The SMILES string of the molecule is C=CSc1cc(N[C@H](c2ccc(-c3noc(-c4ccccc4)n3)cc2)C(C)CC)ccc1C(=O)OCC. The predicted molar refractivity (Wildman–Crippen MR) is 149 cm³/mol. The van der Waals surface area contributed by atoms with E-state index < -0.39 is 0 Å². The minimum absolute atomic E-state index is 0.0687. The summed E-state index contributed by atoms with van der Waals surface area (Å²) in [6.45, 7) is 10.4. The Morgan fingerprint density at radius 1 is 1.08 bits per heavy atom. The van der Waals surface area contributed by atoms with Gasteiger partial charge in [0.1, 0.15) is 0 Å². The smallest absolute Gasteiger partial charge is 0.339 e. The first kappa shape index (κ1) is 26.2. The van der Waals surface area contributed by atoms with E-state index in [1.165, 1.54) is 11.8 Å². The molecular weight excluding hydrogens is 482 g/mol. The van der Waals surface area contributed by atoms with E-state index in [0.29, 0.717) is 29.8 Å². The Bertz CT molecular complexity index is 1340. The number of nitrogens with one attached hydrogen (secondary N) is 1. The van der Waals surface area contributed by atoms with E-state index in [0.717, 1.165) is 33.7 Å². The predicted octanol–water partition coefficient (Wildman–Crippen LogP) is 8.02. The van der Waals surface area contributed by atoms with Crippen LogP contribution < -0.4 is 5.32 Å². The number of esters is 1. The molecule has 1 aromatic heterocycles. The Morgan fingerprint density at radius 3 is 2.51 bits per heavy atom. The number of nitrogens with zero attached hydrogens (tertiary/aromatic N) is 2. The molecule has 0 amide bonds. The van der Waals surface area contributed by atoms with Crippen LogP contribution in [0.25, 0.3) is 22.8 Å². The lowest BCUT2D eigenvalue weighted by atomic mass is 9.91. The number of carbonyl (C=O) groups excluding carboxylic acids is 1. The van der Waals surface area contributed by atoms with Gasteiger partial charge in [-0.05, 0) is 54.1 Å². The van der Waals surface area contributed by atoms with Crippen molar-refractivity contribution in [1.82, 2.24) is 10.1 Å². The fraction of sp³-hybridized carbons (Fsp3) is 0.233. The molecule has 0 aliphatic carbocycles. The van der Waals surface area contributed by atoms with Gasteiger partial charge in [0.05, 0.1) is 18.2 Å². The maximum absolute atomic E-state index is 12.4. The molecule has 0 saturated carbocycles. The van der Waals surface area contributed by atoms with Crippen molar-refractivity contribution in [2.24, 2.45) is 5.92 Å². The van der Waals surface area contributed by atoms with E-state index in [1.807, 2.05) is 60.7 Å². The highest BCUT2D eigenvalue weighted by molar-refractivity contribution is 8.02. The van der Waals surface area contributed by atoms with Crippen molar-refractivity contribution in [1.29, 1.82) is 0 Å². The Labute approximate surface area is 222 Å². The zero-order chi connectivity index (χ0) is 26.2. The van der Waals surface area contributed by atoms with Gasteiger partial charge in [-0.15, -0.1) is 0 Å². The van der Waals surface area contributed by atoms with Crippen LogP contribution in [0, 0.1) is 5.92 Å². The van der Waals surface area contributed by atoms with Crippen LogP contribution in [0.4, 0.5) is 5.69 Å². The summed E-state index contributed by atoms with van der Waals surface area (Å²) >= 11 is 1.41. The van der Waals surface area contributed by atoms with E-state index >= 15 is 0 Å². The molecule has 0 radical (unpaired) electrons. The highest BCUT2D eigenvalue weighted by atomic mass is 32.2. The van der Waals surface area contributed by atoms with Gasteiger partial charge in [0, 0.05) is 21.7 Å². The van der Waals surface area contributed by atoms with Crippen molar-refractivity contribution in [2.45, 2.75) is 38.1 Å². The van der Waals surface area contributed by atoms with Gasteiger partial charge in [0.2, 0.25) is 5.82 Å². The van der Waals surface area contributed by atoms with Gasteiger partial charge < -0.3 is 14.6 Å². The monoisotopic (exact) mass is 513 g/mol. The number of hydrogen-bond acceptors (Lipinski definition) is 7. The summed E-state index contributed by atoms with van der Waals surface area (Å²) in [6.07, 6.45) is 1.000. The summed E-state index contributed by atoms with van der Waals surface area (Å²) in [5.74, 6) is 1.09. The Kier molecular flexibility index (Phi) is 8.80. The minimum atomic E-state index is -0.329. The highest BCUT2D eigenvalue weighted by Gasteiger charge is 2.20. The lowest BCUT2D eigenvalue weighted by Gasteiger charge is -2.26. The van der Waals surface area contributed by atoms with Crippen LogP contribution >= 0.6 is 11.8 Å². The van der Waals surface area contributed by atoms with E-state index in [1.54, 1.807) is 12.3 Å². The van der Waals surface area contributed by atoms with Gasteiger partial charge in [-0.3, -0.25) is 0 Å². The van der Waals surface area contributed by atoms with Crippen molar-refractivity contribution in [2.75, 3.05) is 11.9 Å². The van der Waals surface area contributed by atoms with Gasteiger partial charge in [-0.1, -0.05) is 86.2 Å². The van der Waals surface area contributed by atoms with E-state index in [2.05, 4.69) is 48.0 Å². The van der Waals surface area contributed by atoms with E-state index in [-0.39, 0.29) is 12.0 Å². The third-order valence-corrected chi connectivity index (χ3v) is 6.96. The third kappa shape index (κ3) is 6.30. The summed E-state index contributed by atoms with van der Waals surface area (Å²) in [5.41, 5.74) is 4.40. The highest BCUT2D eigenvalue weighted by Crippen LogP contribution is 2.33. The van der Waals surface area contributed by atoms with Crippen molar-refractivity contribution in [3.05, 3.63) is 95.9 Å². The summed E-state index contributed by atoms with van der Waals surface area (Å²) in [6, 6.07) is 23.8. The molecule has 37 heavy (non-hydrogen) atoms. The topological polar surface area (TPSA) is 77.3 Å². The molecule has 0 bridgehead atoms. The Hall–Kier alpha value is -3.84. The second kappa shape index (κ2) is 12.4. The number of aromatic nitrogens is 2. The summed E-state index contributed by atoms with van der Waals surface area (Å²) in [4.78, 5) is 17.7. The van der Waals surface area contributed by atoms with Crippen LogP contribution in [0.2, 0.25) is 0 Å². The molecule has 3 aromatic carbocycles.